The zero-order valence-electron chi connectivity index (χ0n) is 61.3. The zero-order valence-corrected chi connectivity index (χ0v) is 63.6. The van der Waals surface area contributed by atoms with Gasteiger partial charge in [0.05, 0.1) is 0 Å². The van der Waals surface area contributed by atoms with Crippen LogP contribution in [0.5, 0.6) is 11.5 Å². The van der Waals surface area contributed by atoms with Crippen molar-refractivity contribution in [3.63, 3.8) is 0 Å². The molecule has 502 valence electrons. The fourth-order valence-corrected chi connectivity index (χ4v) is 13.9. The molecule has 0 saturated carbocycles. The first kappa shape index (κ1) is 68.7. The van der Waals surface area contributed by atoms with E-state index in [1.807, 2.05) is 12.3 Å². The molecule has 3 aromatic heterocycles. The molecule has 0 aliphatic carbocycles. The van der Waals surface area contributed by atoms with Gasteiger partial charge in [-0.3, -0.25) is 0 Å². The van der Waals surface area contributed by atoms with Gasteiger partial charge in [-0.2, -0.15) is 6.07 Å². The van der Waals surface area contributed by atoms with E-state index in [-0.39, 0.29) is 65.4 Å². The quantitative estimate of drug-likeness (QED) is 0.128. The van der Waals surface area contributed by atoms with Crippen LogP contribution in [0.2, 0.25) is 0 Å². The summed E-state index contributed by atoms with van der Waals surface area (Å²) in [7, 11) is 0. The smallest absolute Gasteiger partial charge is 0.135 e. The van der Waals surface area contributed by atoms with E-state index in [1.54, 1.807) is 0 Å². The Morgan fingerprint density at radius 2 is 0.948 bits per heavy atom. The van der Waals surface area contributed by atoms with Crippen molar-refractivity contribution in [2.75, 3.05) is 9.80 Å². The summed E-state index contributed by atoms with van der Waals surface area (Å²) in [6.07, 6.45) is 1.92. The van der Waals surface area contributed by atoms with E-state index < -0.39 is 0 Å². The number of hydrogen-bond acceptors (Lipinski definition) is 5. The van der Waals surface area contributed by atoms with E-state index >= 15 is 0 Å². The molecule has 0 amide bonds. The number of anilines is 4. The molecule has 4 heterocycles. The second-order valence-electron chi connectivity index (χ2n) is 34.0. The largest absolute Gasteiger partial charge is 0.509 e. The molecule has 0 atom stereocenters. The molecule has 0 bridgehead atoms. The molecule has 0 saturated heterocycles. The fraction of sp³-hybridized carbons (Fsp3) is 0.333. The van der Waals surface area contributed by atoms with Crippen LogP contribution >= 0.6 is 0 Å². The van der Waals surface area contributed by atoms with Gasteiger partial charge in [-0.05, 0) is 166 Å². The summed E-state index contributed by atoms with van der Waals surface area (Å²) < 4.78 is 16.4. The molecule has 12 aromatic rings. The number of furan rings is 1. The van der Waals surface area contributed by atoms with Crippen molar-refractivity contribution >= 4 is 66.5 Å². The van der Waals surface area contributed by atoms with Crippen LogP contribution in [0, 0.1) is 18.8 Å². The third kappa shape index (κ3) is 12.9. The van der Waals surface area contributed by atoms with Gasteiger partial charge in [0.2, 0.25) is 0 Å². The Kier molecular flexibility index (Phi) is 17.5. The first-order valence-electron chi connectivity index (χ1n) is 34.7. The van der Waals surface area contributed by atoms with Crippen LogP contribution in [0.15, 0.2) is 174 Å². The summed E-state index contributed by atoms with van der Waals surface area (Å²) >= 11 is 0. The number of nitrogens with zero attached hydrogens (tertiary/aromatic N) is 4. The Bertz CT molecular complexity index is 4840. The summed E-state index contributed by atoms with van der Waals surface area (Å²) in [5.74, 6) is 2.41. The number of para-hydroxylation sites is 3. The van der Waals surface area contributed by atoms with E-state index in [2.05, 4.69) is 343 Å². The number of aromatic nitrogens is 2. The number of benzene rings is 9. The number of hydrogen-bond donors (Lipinski definition) is 0. The predicted molar refractivity (Wildman–Crippen MR) is 408 cm³/mol. The maximum Gasteiger partial charge on any atom is 0.135 e. The molecule has 9 aromatic carbocycles. The van der Waals surface area contributed by atoms with Crippen LogP contribution in [0.1, 0.15) is 209 Å². The van der Waals surface area contributed by atoms with Crippen molar-refractivity contribution in [2.24, 2.45) is 0 Å². The Morgan fingerprint density at radius 1 is 0.443 bits per heavy atom. The van der Waals surface area contributed by atoms with Crippen molar-refractivity contribution in [2.45, 2.75) is 197 Å². The number of fused-ring (bicyclic) bond motifs is 8. The number of ether oxygens (including phenoxy) is 1. The minimum Gasteiger partial charge on any atom is -0.509 e. The molecule has 6 nitrogen and oxygen atoms in total. The number of pyridine rings is 1. The normalized spacial score (nSPS) is 13.5. The van der Waals surface area contributed by atoms with Crippen LogP contribution in [0.4, 0.5) is 22.7 Å². The van der Waals surface area contributed by atoms with Crippen LogP contribution in [-0.4, -0.2) is 9.55 Å². The van der Waals surface area contributed by atoms with Crippen molar-refractivity contribution in [3.05, 3.63) is 233 Å². The van der Waals surface area contributed by atoms with Gasteiger partial charge in [0, 0.05) is 83.2 Å². The van der Waals surface area contributed by atoms with Gasteiger partial charge in [0.25, 0.3) is 0 Å². The van der Waals surface area contributed by atoms with Crippen molar-refractivity contribution < 1.29 is 30.2 Å². The first-order valence-corrected chi connectivity index (χ1v) is 34.7. The summed E-state index contributed by atoms with van der Waals surface area (Å²) in [5.41, 5.74) is 24.1. The molecular weight excluding hydrogens is 1360 g/mol. The molecule has 13 rings (SSSR count). The molecule has 0 spiro atoms. The van der Waals surface area contributed by atoms with Gasteiger partial charge in [-0.1, -0.05) is 248 Å². The van der Waals surface area contributed by atoms with Crippen molar-refractivity contribution in [3.8, 4) is 50.7 Å². The third-order valence-corrected chi connectivity index (χ3v) is 19.8. The summed E-state index contributed by atoms with van der Waals surface area (Å²) in [4.78, 5) is 9.92. The zero-order chi connectivity index (χ0) is 68.7. The fourth-order valence-electron chi connectivity index (χ4n) is 13.9. The van der Waals surface area contributed by atoms with Crippen LogP contribution in [-0.2, 0) is 53.6 Å². The molecule has 0 fully saturated rings. The van der Waals surface area contributed by atoms with Gasteiger partial charge in [0.15, 0.2) is 0 Å². The molecule has 1 aliphatic heterocycles. The molecule has 0 unspecified atom stereocenters. The average Bonchev–Trinajstić information content (AvgIpc) is 1.56. The Morgan fingerprint density at radius 3 is 1.48 bits per heavy atom. The minimum atomic E-state index is -0.190. The molecule has 7 heteroatoms. The van der Waals surface area contributed by atoms with E-state index in [0.717, 1.165) is 77.9 Å². The standard InChI is InChI=1S/C90H97N4O2.Pt/c1-54(2)68-29-27-30-69(55(3)4)81(68)58-44-65(51-67(45-58)95-66-34-35-72-78(52-66)94(80-50-59(38-39-91-80)85(5,6)7)77-37-36-71-70-28-23-26-33-79(70)96-84(71)82(72)77)92-53-93(76-32-25-24-31-75(76)92)83-73(56-40-60(86(8,9)10)46-61(41-56)87(11,12)13)48-64(90(20,21)22)49-74(83)57-42-62(88(14,15)16)47-63(43-57)89(17,18)19;/h23-50,53-55H,1-22H3;/q-3;. The summed E-state index contributed by atoms with van der Waals surface area (Å²) in [5, 5.41) is 4.15. The van der Waals surface area contributed by atoms with E-state index in [1.165, 1.54) is 72.3 Å². The van der Waals surface area contributed by atoms with Crippen molar-refractivity contribution in [1.29, 1.82) is 0 Å². The monoisotopic (exact) mass is 1460 g/mol. The van der Waals surface area contributed by atoms with E-state index in [4.69, 9.17) is 14.1 Å². The SMILES string of the molecule is CC(C)c1cccc(C(C)C)c1-c1cc(Oc2[c-]c3c(cc2)c2c4oc5ccccc5c4ccc2n3-c2cc(C(C)(C)C)ccn2)[c-]c(N2[CH-]N(c3c(-c4cc(C(C)(C)C)cc(C(C)(C)C)c4)cc(C(C)(C)C)cc3-c3cc(C(C)(C)C)cc(C(C)(C)C)c3)c3ccccc32)c1.[Pt]. The van der Waals surface area contributed by atoms with Gasteiger partial charge < -0.3 is 23.5 Å². The van der Waals surface area contributed by atoms with Gasteiger partial charge >= 0.3 is 0 Å². The van der Waals surface area contributed by atoms with E-state index in [0.29, 0.717) is 11.5 Å². The maximum absolute atomic E-state index is 7.38. The van der Waals surface area contributed by atoms with Crippen LogP contribution < -0.4 is 14.5 Å². The molecule has 0 N–H and O–H groups in total. The van der Waals surface area contributed by atoms with Crippen LogP contribution in [0.3, 0.4) is 0 Å². The topological polar surface area (TPSA) is 46.7 Å². The van der Waals surface area contributed by atoms with Gasteiger partial charge in [0.1, 0.15) is 17.0 Å². The van der Waals surface area contributed by atoms with Gasteiger partial charge in [-0.25, -0.2) is 4.98 Å². The summed E-state index contributed by atoms with van der Waals surface area (Å²) in [6, 6.07) is 69.1. The average molecular weight is 1460 g/mol. The molecular formula is C90H97N4O2Pt-3. The Labute approximate surface area is 592 Å². The second kappa shape index (κ2) is 24.7. The Balaban J connectivity index is 0.00000897. The number of rotatable bonds is 10. The van der Waals surface area contributed by atoms with E-state index in [9.17, 15) is 0 Å². The predicted octanol–water partition coefficient (Wildman–Crippen LogP) is 25.9. The van der Waals surface area contributed by atoms with Gasteiger partial charge in [-0.15, -0.1) is 48.3 Å². The second-order valence-corrected chi connectivity index (χ2v) is 34.0. The van der Waals surface area contributed by atoms with Crippen LogP contribution in [0.25, 0.3) is 82.9 Å². The molecule has 97 heavy (non-hydrogen) atoms. The van der Waals surface area contributed by atoms with Crippen molar-refractivity contribution in [1.82, 2.24) is 9.55 Å². The molecule has 1 aliphatic rings. The maximum atomic E-state index is 7.38. The third-order valence-electron chi connectivity index (χ3n) is 19.8. The summed E-state index contributed by atoms with van der Waals surface area (Å²) in [6.45, 7) is 53.5. The first-order chi connectivity index (χ1) is 45.0. The molecule has 0 radical (unpaired) electrons. The Hall–Kier alpha value is -8.18. The minimum absolute atomic E-state index is 0.